The third-order valence-electron chi connectivity index (χ3n) is 7.07. The second-order valence-electron chi connectivity index (χ2n) is 9.22. The molecule has 1 aromatic heterocycles. The molecule has 1 nitrogen and oxygen atoms in total. The summed E-state index contributed by atoms with van der Waals surface area (Å²) < 4.78 is 102. The van der Waals surface area contributed by atoms with E-state index < -0.39 is 59.9 Å². The lowest BCUT2D eigenvalue weighted by Crippen LogP contribution is -1.90. The van der Waals surface area contributed by atoms with Crippen LogP contribution in [0.1, 0.15) is 15.1 Å². The van der Waals surface area contributed by atoms with E-state index in [1.54, 1.807) is 0 Å². The van der Waals surface area contributed by atoms with Crippen LogP contribution < -0.4 is 0 Å². The van der Waals surface area contributed by atoms with Gasteiger partial charge in [0, 0.05) is 10.8 Å². The Kier molecular flexibility index (Phi) is 3.04. The lowest BCUT2D eigenvalue weighted by molar-refractivity contribution is 0.669. The van der Waals surface area contributed by atoms with Crippen LogP contribution in [-0.4, -0.2) is 0 Å². The number of furan rings is 1. The Morgan fingerprint density at radius 2 is 1.05 bits per heavy atom. The molecule has 1 heterocycles. The fourth-order valence-corrected chi connectivity index (χ4v) is 5.45. The van der Waals surface area contributed by atoms with Gasteiger partial charge in [0.2, 0.25) is 0 Å². The van der Waals surface area contributed by atoms with Gasteiger partial charge in [-0.3, -0.25) is 0 Å². The fraction of sp³-hybridized carbons (Fsp3) is 0. The number of hydrogen-bond acceptors (Lipinski definition) is 1. The fourth-order valence-electron chi connectivity index (χ4n) is 5.45. The molecule has 182 valence electrons. The first-order valence-corrected chi connectivity index (χ1v) is 12.5. The molecule has 0 N–H and O–H groups in total. The van der Waals surface area contributed by atoms with E-state index in [-0.39, 0.29) is 45.2 Å². The second-order valence-corrected chi connectivity index (χ2v) is 9.22. The van der Waals surface area contributed by atoms with Crippen LogP contribution in [0.4, 0.5) is 0 Å². The summed E-state index contributed by atoms with van der Waals surface area (Å²) in [6.07, 6.45) is 0. The first-order chi connectivity index (χ1) is 24.0. The molecule has 0 amide bonds. The van der Waals surface area contributed by atoms with Crippen LogP contribution in [-0.2, 0) is 0 Å². The highest BCUT2D eigenvalue weighted by Gasteiger charge is 2.18. The van der Waals surface area contributed by atoms with E-state index in [9.17, 15) is 4.11 Å². The van der Waals surface area contributed by atoms with E-state index >= 15 is 0 Å². The molecule has 0 saturated carbocycles. The molecule has 0 bridgehead atoms. The van der Waals surface area contributed by atoms with Gasteiger partial charge < -0.3 is 4.42 Å². The van der Waals surface area contributed by atoms with Crippen molar-refractivity contribution in [2.24, 2.45) is 0 Å². The van der Waals surface area contributed by atoms with Gasteiger partial charge >= 0.3 is 0 Å². The zero-order valence-electron chi connectivity index (χ0n) is 31.4. The third kappa shape index (κ3) is 3.41. The van der Waals surface area contributed by atoms with Crippen LogP contribution in [0.3, 0.4) is 0 Å². The van der Waals surface area contributed by atoms with Crippen LogP contribution in [0.5, 0.6) is 0 Å². The molecule has 0 unspecified atom stereocenters. The van der Waals surface area contributed by atoms with Crippen molar-refractivity contribution in [3.63, 3.8) is 0 Å². The Hall–Kier alpha value is -5.14. The highest BCUT2D eigenvalue weighted by molar-refractivity contribution is 6.22. The molecular formula is C38H24O. The number of rotatable bonds is 3. The van der Waals surface area contributed by atoms with E-state index in [4.69, 9.17) is 15.4 Å². The Morgan fingerprint density at radius 1 is 0.436 bits per heavy atom. The maximum atomic E-state index is 9.54. The quantitative estimate of drug-likeness (QED) is 0.217. The van der Waals surface area contributed by atoms with Gasteiger partial charge in [-0.15, -0.1) is 0 Å². The molecule has 0 saturated heterocycles. The Balaban J connectivity index is 1.56. The van der Waals surface area contributed by atoms with Crippen molar-refractivity contribution in [3.05, 3.63) is 145 Å². The van der Waals surface area contributed by atoms with Crippen molar-refractivity contribution in [1.82, 2.24) is 0 Å². The lowest BCUT2D eigenvalue weighted by atomic mass is 9.86. The third-order valence-corrected chi connectivity index (χ3v) is 7.07. The lowest BCUT2D eigenvalue weighted by Gasteiger charge is -2.17. The van der Waals surface area contributed by atoms with Crippen molar-refractivity contribution in [3.8, 4) is 33.4 Å². The van der Waals surface area contributed by atoms with Gasteiger partial charge in [-0.25, -0.2) is 0 Å². The molecule has 0 radical (unpaired) electrons. The summed E-state index contributed by atoms with van der Waals surface area (Å²) in [5.41, 5.74) is 1.47. The molecule has 0 aliphatic rings. The van der Waals surface area contributed by atoms with E-state index in [0.717, 1.165) is 32.7 Å². The normalized spacial score (nSPS) is 15.5. The van der Waals surface area contributed by atoms with Crippen molar-refractivity contribution in [1.29, 1.82) is 0 Å². The van der Waals surface area contributed by atoms with Gasteiger partial charge in [0.05, 0.1) is 15.1 Å². The van der Waals surface area contributed by atoms with E-state index in [1.807, 2.05) is 78.9 Å². The van der Waals surface area contributed by atoms with E-state index in [0.29, 0.717) is 5.56 Å². The van der Waals surface area contributed by atoms with Crippen molar-refractivity contribution >= 4 is 43.5 Å². The van der Waals surface area contributed by atoms with Gasteiger partial charge in [-0.05, 0) is 73.1 Å². The Labute approximate surface area is 242 Å². The molecule has 0 aliphatic carbocycles. The minimum atomic E-state index is -0.656. The van der Waals surface area contributed by atoms with Crippen LogP contribution in [0.15, 0.2) is 150 Å². The highest BCUT2D eigenvalue weighted by atomic mass is 16.3. The molecule has 8 rings (SSSR count). The Bertz CT molecular complexity index is 2680. The summed E-state index contributed by atoms with van der Waals surface area (Å²) in [6.45, 7) is 0. The largest absolute Gasteiger partial charge is 0.456 e. The highest BCUT2D eigenvalue weighted by Crippen LogP contribution is 2.45. The van der Waals surface area contributed by atoms with Crippen LogP contribution in [0.25, 0.3) is 76.9 Å². The van der Waals surface area contributed by atoms with Crippen LogP contribution >= 0.6 is 0 Å². The summed E-state index contributed by atoms with van der Waals surface area (Å²) >= 11 is 0. The van der Waals surface area contributed by atoms with Gasteiger partial charge in [-0.2, -0.15) is 0 Å². The number of hydrogen-bond donors (Lipinski definition) is 0. The van der Waals surface area contributed by atoms with Crippen molar-refractivity contribution in [2.75, 3.05) is 0 Å². The summed E-state index contributed by atoms with van der Waals surface area (Å²) in [5.74, 6) is 0. The van der Waals surface area contributed by atoms with Gasteiger partial charge in [0.25, 0.3) is 0 Å². The standard InChI is InChI=1S/C38H24O/c1-3-12-25(13-4-1)28-20-11-21-34-38(28)33-23-22-27(24-35(33)39-34)37-31-18-9-7-16-29(31)36(26-14-5-2-6-15-26)30-17-8-10-19-32(30)37/h1-24H/i1D,3D,4D,11D,12D,13D,20D,21D,22D,23D,24D. The molecule has 1 heteroatoms. The van der Waals surface area contributed by atoms with Crippen molar-refractivity contribution in [2.45, 2.75) is 0 Å². The zero-order valence-corrected chi connectivity index (χ0v) is 20.4. The minimum Gasteiger partial charge on any atom is -0.456 e. The number of benzene rings is 7. The monoisotopic (exact) mass is 507 g/mol. The minimum absolute atomic E-state index is 0.113. The molecule has 0 spiro atoms. The Morgan fingerprint density at radius 3 is 1.72 bits per heavy atom. The van der Waals surface area contributed by atoms with Gasteiger partial charge in [0.15, 0.2) is 0 Å². The predicted molar refractivity (Wildman–Crippen MR) is 165 cm³/mol. The van der Waals surface area contributed by atoms with Gasteiger partial charge in [0.1, 0.15) is 11.2 Å². The summed E-state index contributed by atoms with van der Waals surface area (Å²) in [7, 11) is 0. The molecular weight excluding hydrogens is 472 g/mol. The van der Waals surface area contributed by atoms with Crippen LogP contribution in [0, 0.1) is 0 Å². The summed E-state index contributed by atoms with van der Waals surface area (Å²) in [6, 6.07) is 19.3. The van der Waals surface area contributed by atoms with Crippen LogP contribution in [0.2, 0.25) is 0 Å². The average molecular weight is 508 g/mol. The zero-order chi connectivity index (χ0) is 35.3. The molecule has 7 aromatic carbocycles. The molecule has 8 aromatic rings. The maximum absolute atomic E-state index is 9.54. The van der Waals surface area contributed by atoms with E-state index in [1.165, 1.54) is 0 Å². The topological polar surface area (TPSA) is 13.1 Å². The number of fused-ring (bicyclic) bond motifs is 5. The average Bonchev–Trinajstić information content (AvgIpc) is 3.54. The van der Waals surface area contributed by atoms with Crippen molar-refractivity contribution < 1.29 is 19.5 Å². The first kappa shape index (κ1) is 13.6. The maximum Gasteiger partial charge on any atom is 0.136 e. The first-order valence-electron chi connectivity index (χ1n) is 18.0. The predicted octanol–water partition coefficient (Wildman–Crippen LogP) is 10.9. The smallest absolute Gasteiger partial charge is 0.136 e. The molecule has 39 heavy (non-hydrogen) atoms. The van der Waals surface area contributed by atoms with E-state index in [2.05, 4.69) is 0 Å². The van der Waals surface area contributed by atoms with Gasteiger partial charge in [-0.1, -0.05) is 127 Å². The summed E-state index contributed by atoms with van der Waals surface area (Å²) in [4.78, 5) is 0. The molecule has 0 fully saturated rings. The SMILES string of the molecule is [2H]c1c([2H])c([2H])c(-c2c([2H])c([2H])c([2H])c3oc4c([2H])c(-c5c6ccccc6c(-c6ccccc6)c6ccccc56)c([2H])c([2H])c4c23)c([2H])c1[2H]. The summed E-state index contributed by atoms with van der Waals surface area (Å²) in [5, 5.41) is 2.98. The molecule has 0 aliphatic heterocycles. The second kappa shape index (κ2) is 8.72. The molecule has 0 atom stereocenters.